The second-order valence-corrected chi connectivity index (χ2v) is 6.11. The molecule has 1 amide bonds. The van der Waals surface area contributed by atoms with Gasteiger partial charge in [0.05, 0.1) is 0 Å². The fourth-order valence-corrected chi connectivity index (χ4v) is 2.63. The van der Waals surface area contributed by atoms with Gasteiger partial charge in [0.15, 0.2) is 5.96 Å². The molecule has 2 rings (SSSR count). The number of nitrogens with one attached hydrogen (secondary N) is 3. The maximum Gasteiger partial charge on any atom is 0.223 e. The van der Waals surface area contributed by atoms with Crippen molar-refractivity contribution in [3.05, 3.63) is 22.4 Å². The molecule has 5 nitrogen and oxygen atoms in total. The Morgan fingerprint density at radius 3 is 2.73 bits per heavy atom. The van der Waals surface area contributed by atoms with E-state index in [4.69, 9.17) is 0 Å². The van der Waals surface area contributed by atoms with Crippen LogP contribution in [0, 0.1) is 5.92 Å². The van der Waals surface area contributed by atoms with E-state index in [1.807, 2.05) is 6.92 Å². The minimum absolute atomic E-state index is 0. The van der Waals surface area contributed by atoms with Crippen LogP contribution in [0.3, 0.4) is 0 Å². The predicted octanol–water partition coefficient (Wildman–Crippen LogP) is 1.99. The van der Waals surface area contributed by atoms with E-state index in [9.17, 15) is 4.79 Å². The van der Waals surface area contributed by atoms with E-state index in [0.29, 0.717) is 13.1 Å². The maximum atomic E-state index is 11.5. The number of aliphatic imine (C=N–C) groups is 1. The van der Waals surface area contributed by atoms with Crippen LogP contribution in [0.4, 0.5) is 0 Å². The van der Waals surface area contributed by atoms with Crippen molar-refractivity contribution in [3.63, 3.8) is 0 Å². The lowest BCUT2D eigenvalue weighted by Crippen LogP contribution is -2.41. The van der Waals surface area contributed by atoms with Gasteiger partial charge in [-0.25, -0.2) is 0 Å². The van der Waals surface area contributed by atoms with Crippen LogP contribution >= 0.6 is 35.3 Å². The summed E-state index contributed by atoms with van der Waals surface area (Å²) in [5.74, 6) is 1.28. The zero-order valence-corrected chi connectivity index (χ0v) is 16.1. The van der Waals surface area contributed by atoms with Crippen molar-refractivity contribution < 1.29 is 4.79 Å². The van der Waals surface area contributed by atoms with Gasteiger partial charge in [0.2, 0.25) is 5.91 Å². The van der Waals surface area contributed by atoms with Crippen molar-refractivity contribution in [2.45, 2.75) is 26.2 Å². The normalized spacial score (nSPS) is 14.1. The molecule has 1 aromatic heterocycles. The molecular formula is C15H25IN4OS. The van der Waals surface area contributed by atoms with Crippen LogP contribution in [-0.2, 0) is 11.2 Å². The van der Waals surface area contributed by atoms with E-state index >= 15 is 0 Å². The lowest BCUT2D eigenvalue weighted by Gasteiger charge is -2.11. The smallest absolute Gasteiger partial charge is 0.223 e. The summed E-state index contributed by atoms with van der Waals surface area (Å²) in [6.07, 6.45) is 3.06. The van der Waals surface area contributed by atoms with Crippen molar-refractivity contribution >= 4 is 47.2 Å². The fraction of sp³-hybridized carbons (Fsp3) is 0.600. The van der Waals surface area contributed by atoms with Crippen molar-refractivity contribution in [2.24, 2.45) is 10.9 Å². The third kappa shape index (κ3) is 7.44. The average molecular weight is 436 g/mol. The molecule has 1 aliphatic carbocycles. The highest BCUT2D eigenvalue weighted by atomic mass is 127. The highest BCUT2D eigenvalue weighted by Gasteiger charge is 2.28. The first-order chi connectivity index (χ1) is 10.3. The molecule has 1 saturated carbocycles. The SMILES string of the molecule is CCNC(=NCCc1cccs1)NCCNC(=O)C1CC1.I. The minimum Gasteiger partial charge on any atom is -0.357 e. The molecule has 0 spiro atoms. The summed E-state index contributed by atoms with van der Waals surface area (Å²) in [5.41, 5.74) is 0. The molecule has 0 atom stereocenters. The fourth-order valence-electron chi connectivity index (χ4n) is 1.93. The second-order valence-electron chi connectivity index (χ2n) is 5.08. The molecule has 7 heteroatoms. The Bertz CT molecular complexity index is 460. The second kappa shape index (κ2) is 10.8. The largest absolute Gasteiger partial charge is 0.357 e. The molecule has 3 N–H and O–H groups in total. The van der Waals surface area contributed by atoms with E-state index in [1.165, 1.54) is 4.88 Å². The third-order valence-electron chi connectivity index (χ3n) is 3.22. The Labute approximate surface area is 153 Å². The number of halogens is 1. The van der Waals surface area contributed by atoms with Gasteiger partial charge in [-0.1, -0.05) is 6.07 Å². The van der Waals surface area contributed by atoms with Crippen molar-refractivity contribution in [2.75, 3.05) is 26.2 Å². The number of guanidine groups is 1. The molecular weight excluding hydrogens is 411 g/mol. The van der Waals surface area contributed by atoms with Crippen molar-refractivity contribution in [1.29, 1.82) is 0 Å². The molecule has 22 heavy (non-hydrogen) atoms. The molecule has 0 bridgehead atoms. The molecule has 1 fully saturated rings. The first kappa shape index (κ1) is 19.2. The molecule has 0 unspecified atom stereocenters. The Morgan fingerprint density at radius 2 is 2.09 bits per heavy atom. The number of hydrogen-bond donors (Lipinski definition) is 3. The Hall–Kier alpha value is -0.830. The maximum absolute atomic E-state index is 11.5. The third-order valence-corrected chi connectivity index (χ3v) is 4.15. The van der Waals surface area contributed by atoms with Gasteiger partial charge in [-0.3, -0.25) is 9.79 Å². The number of hydrogen-bond acceptors (Lipinski definition) is 3. The summed E-state index contributed by atoms with van der Waals surface area (Å²) in [5, 5.41) is 11.5. The average Bonchev–Trinajstić information content (AvgIpc) is 3.21. The van der Waals surface area contributed by atoms with Crippen LogP contribution in [0.2, 0.25) is 0 Å². The number of thiophene rings is 1. The quantitative estimate of drug-likeness (QED) is 0.253. The Morgan fingerprint density at radius 1 is 1.32 bits per heavy atom. The van der Waals surface area contributed by atoms with Crippen LogP contribution in [0.5, 0.6) is 0 Å². The molecule has 0 aromatic carbocycles. The Kier molecular flexibility index (Phi) is 9.45. The number of carbonyl (C=O) groups excluding carboxylic acids is 1. The molecule has 1 aliphatic rings. The van der Waals surface area contributed by atoms with Crippen LogP contribution in [0.25, 0.3) is 0 Å². The zero-order chi connectivity index (χ0) is 14.9. The summed E-state index contributed by atoms with van der Waals surface area (Å²) < 4.78 is 0. The molecule has 1 aromatic rings. The zero-order valence-electron chi connectivity index (χ0n) is 12.9. The van der Waals surface area contributed by atoms with Crippen molar-refractivity contribution in [1.82, 2.24) is 16.0 Å². The number of nitrogens with zero attached hydrogens (tertiary/aromatic N) is 1. The van der Waals surface area contributed by atoms with E-state index < -0.39 is 0 Å². The van der Waals surface area contributed by atoms with Gasteiger partial charge < -0.3 is 16.0 Å². The van der Waals surface area contributed by atoms with Gasteiger partial charge >= 0.3 is 0 Å². The van der Waals surface area contributed by atoms with Gasteiger partial charge in [-0.15, -0.1) is 35.3 Å². The standard InChI is InChI=1S/C15H24N4OS.HI/c1-2-16-15(18-8-7-13-4-3-11-21-13)19-10-9-17-14(20)12-5-6-12;/h3-4,11-12H,2,5-10H2,1H3,(H,17,20)(H2,16,18,19);1H. The van der Waals surface area contributed by atoms with E-state index in [1.54, 1.807) is 11.3 Å². The van der Waals surface area contributed by atoms with Crippen LogP contribution in [-0.4, -0.2) is 38.0 Å². The lowest BCUT2D eigenvalue weighted by atomic mass is 10.3. The van der Waals surface area contributed by atoms with Gasteiger partial charge in [-0.2, -0.15) is 0 Å². The van der Waals surface area contributed by atoms with Gasteiger partial charge in [0, 0.05) is 43.4 Å². The molecule has 0 radical (unpaired) electrons. The molecule has 124 valence electrons. The van der Waals surface area contributed by atoms with Crippen LogP contribution in [0.1, 0.15) is 24.6 Å². The van der Waals surface area contributed by atoms with Crippen LogP contribution < -0.4 is 16.0 Å². The van der Waals surface area contributed by atoms with Crippen molar-refractivity contribution in [3.8, 4) is 0 Å². The Balaban J connectivity index is 0.00000242. The molecule has 1 heterocycles. The molecule has 0 aliphatic heterocycles. The minimum atomic E-state index is 0. The first-order valence-corrected chi connectivity index (χ1v) is 8.50. The summed E-state index contributed by atoms with van der Waals surface area (Å²) in [6, 6.07) is 4.20. The number of carbonyl (C=O) groups is 1. The highest BCUT2D eigenvalue weighted by Crippen LogP contribution is 2.28. The first-order valence-electron chi connectivity index (χ1n) is 7.62. The predicted molar refractivity (Wildman–Crippen MR) is 103 cm³/mol. The number of rotatable bonds is 8. The molecule has 0 saturated heterocycles. The van der Waals surface area contributed by atoms with Gasteiger partial charge in [-0.05, 0) is 31.2 Å². The van der Waals surface area contributed by atoms with E-state index in [2.05, 4.69) is 38.5 Å². The van der Waals surface area contributed by atoms with Gasteiger partial charge in [0.1, 0.15) is 0 Å². The van der Waals surface area contributed by atoms with Gasteiger partial charge in [0.25, 0.3) is 0 Å². The summed E-state index contributed by atoms with van der Waals surface area (Å²) >= 11 is 1.76. The highest BCUT2D eigenvalue weighted by molar-refractivity contribution is 14.0. The summed E-state index contributed by atoms with van der Waals surface area (Å²) in [6.45, 7) is 4.99. The number of amides is 1. The monoisotopic (exact) mass is 436 g/mol. The van der Waals surface area contributed by atoms with E-state index in [-0.39, 0.29) is 35.8 Å². The van der Waals surface area contributed by atoms with E-state index in [0.717, 1.165) is 38.3 Å². The van der Waals surface area contributed by atoms with Crippen LogP contribution in [0.15, 0.2) is 22.5 Å². The summed E-state index contributed by atoms with van der Waals surface area (Å²) in [4.78, 5) is 17.4. The summed E-state index contributed by atoms with van der Waals surface area (Å²) in [7, 11) is 0. The topological polar surface area (TPSA) is 65.5 Å². The lowest BCUT2D eigenvalue weighted by molar-refractivity contribution is -0.122.